The lowest BCUT2D eigenvalue weighted by Gasteiger charge is -2.32. The van der Waals surface area contributed by atoms with Crippen LogP contribution >= 0.6 is 0 Å². The van der Waals surface area contributed by atoms with Crippen LogP contribution in [0, 0.1) is 0 Å². The van der Waals surface area contributed by atoms with Crippen LogP contribution in [-0.2, 0) is 9.31 Å². The van der Waals surface area contributed by atoms with Gasteiger partial charge in [0.1, 0.15) is 0 Å². The summed E-state index contributed by atoms with van der Waals surface area (Å²) < 4.78 is 12.0. The highest BCUT2D eigenvalue weighted by Gasteiger charge is 2.52. The normalized spacial score (nSPS) is 20.4. The third-order valence-electron chi connectivity index (χ3n) is 4.13. The molecule has 2 heterocycles. The first-order chi connectivity index (χ1) is 10.2. The van der Waals surface area contributed by atoms with Crippen molar-refractivity contribution in [1.29, 1.82) is 0 Å². The fourth-order valence-electron chi connectivity index (χ4n) is 2.14. The molecule has 1 aromatic rings. The standard InChI is InChI=1S/C14H22BN3O4/c1-13(2)14(3,4)22-15(21-13)10(8-16-5)6-9-7-11(19)17-18-12(9)20/h6-7,16H,8H2,1-5H3,(H,17,19)(H,18,20). The third kappa shape index (κ3) is 3.24. The van der Waals surface area contributed by atoms with Gasteiger partial charge in [0.05, 0.1) is 11.2 Å². The molecule has 7 nitrogen and oxygen atoms in total. The lowest BCUT2D eigenvalue weighted by atomic mass is 9.77. The minimum atomic E-state index is -0.573. The van der Waals surface area contributed by atoms with Gasteiger partial charge >= 0.3 is 7.12 Å². The molecule has 0 radical (unpaired) electrons. The van der Waals surface area contributed by atoms with E-state index in [4.69, 9.17) is 9.31 Å². The van der Waals surface area contributed by atoms with Crippen molar-refractivity contribution in [2.24, 2.45) is 0 Å². The van der Waals surface area contributed by atoms with Gasteiger partial charge in [-0.25, -0.2) is 0 Å². The van der Waals surface area contributed by atoms with Crippen LogP contribution < -0.4 is 16.4 Å². The maximum atomic E-state index is 11.8. The molecule has 0 amide bonds. The Morgan fingerprint density at radius 3 is 2.36 bits per heavy atom. The molecular formula is C14H22BN3O4. The number of hydrogen-bond acceptors (Lipinski definition) is 5. The van der Waals surface area contributed by atoms with Crippen LogP contribution in [0.2, 0.25) is 0 Å². The largest absolute Gasteiger partial charge is 0.491 e. The van der Waals surface area contributed by atoms with Crippen LogP contribution in [-0.4, -0.2) is 42.1 Å². The Labute approximate surface area is 129 Å². The number of hydrogen-bond donors (Lipinski definition) is 3. The maximum Gasteiger partial charge on any atom is 0.491 e. The number of rotatable bonds is 4. The molecule has 1 aliphatic heterocycles. The number of aromatic nitrogens is 2. The highest BCUT2D eigenvalue weighted by molar-refractivity contribution is 6.55. The summed E-state index contributed by atoms with van der Waals surface area (Å²) >= 11 is 0. The molecule has 0 saturated carbocycles. The molecule has 0 bridgehead atoms. The fourth-order valence-corrected chi connectivity index (χ4v) is 2.14. The van der Waals surface area contributed by atoms with Gasteiger partial charge < -0.3 is 14.6 Å². The molecular weight excluding hydrogens is 285 g/mol. The van der Waals surface area contributed by atoms with Crippen molar-refractivity contribution in [1.82, 2.24) is 15.5 Å². The summed E-state index contributed by atoms with van der Waals surface area (Å²) in [6, 6.07) is 1.25. The van der Waals surface area contributed by atoms with Gasteiger partial charge in [0.25, 0.3) is 11.1 Å². The first kappa shape index (κ1) is 16.7. The minimum Gasteiger partial charge on any atom is -0.400 e. The van der Waals surface area contributed by atoms with Gasteiger partial charge in [-0.1, -0.05) is 6.08 Å². The Morgan fingerprint density at radius 2 is 1.82 bits per heavy atom. The fraction of sp³-hybridized carbons (Fsp3) is 0.571. The Balaban J connectivity index is 2.39. The zero-order chi connectivity index (χ0) is 16.5. The van der Waals surface area contributed by atoms with Gasteiger partial charge in [-0.15, -0.1) is 0 Å². The molecule has 2 rings (SSSR count). The van der Waals surface area contributed by atoms with Gasteiger partial charge in [-0.05, 0) is 40.2 Å². The van der Waals surface area contributed by atoms with Crippen LogP contribution in [0.3, 0.4) is 0 Å². The minimum absolute atomic E-state index is 0.267. The highest BCUT2D eigenvalue weighted by atomic mass is 16.7. The topological polar surface area (TPSA) is 96.2 Å². The predicted molar refractivity (Wildman–Crippen MR) is 85.7 cm³/mol. The van der Waals surface area contributed by atoms with E-state index in [-0.39, 0.29) is 16.7 Å². The van der Waals surface area contributed by atoms with E-state index >= 15 is 0 Å². The summed E-state index contributed by atoms with van der Waals surface area (Å²) in [6.07, 6.45) is 1.63. The van der Waals surface area contributed by atoms with E-state index < -0.39 is 18.3 Å². The van der Waals surface area contributed by atoms with E-state index in [1.165, 1.54) is 6.07 Å². The van der Waals surface area contributed by atoms with Crippen molar-refractivity contribution < 1.29 is 9.31 Å². The Bertz CT molecular complexity index is 674. The Kier molecular flexibility index (Phi) is 4.46. The number of likely N-dealkylation sites (N-methyl/N-ethyl adjacent to an activating group) is 1. The molecule has 1 fully saturated rings. The molecule has 3 N–H and O–H groups in total. The summed E-state index contributed by atoms with van der Waals surface area (Å²) in [5.74, 6) is 0. The molecule has 0 spiro atoms. The van der Waals surface area contributed by atoms with Crippen LogP contribution in [0.15, 0.2) is 21.1 Å². The highest BCUT2D eigenvalue weighted by Crippen LogP contribution is 2.38. The molecule has 1 aromatic heterocycles. The van der Waals surface area contributed by atoms with Crippen molar-refractivity contribution in [3.63, 3.8) is 0 Å². The quantitative estimate of drug-likeness (QED) is 0.695. The second-order valence-electron chi connectivity index (χ2n) is 6.38. The maximum absolute atomic E-state index is 11.8. The second-order valence-corrected chi connectivity index (χ2v) is 6.38. The van der Waals surface area contributed by atoms with Gasteiger partial charge in [-0.2, -0.15) is 0 Å². The first-order valence-corrected chi connectivity index (χ1v) is 7.19. The van der Waals surface area contributed by atoms with Crippen molar-refractivity contribution >= 4 is 13.2 Å². The molecule has 1 aliphatic rings. The summed E-state index contributed by atoms with van der Waals surface area (Å²) in [5.41, 5.74) is -0.662. The van der Waals surface area contributed by atoms with Crippen molar-refractivity contribution in [3.8, 4) is 0 Å². The van der Waals surface area contributed by atoms with Gasteiger partial charge in [0.2, 0.25) is 0 Å². The monoisotopic (exact) mass is 307 g/mol. The first-order valence-electron chi connectivity index (χ1n) is 7.19. The number of aromatic amines is 2. The summed E-state index contributed by atoms with van der Waals surface area (Å²) in [7, 11) is 1.22. The molecule has 0 unspecified atom stereocenters. The molecule has 22 heavy (non-hydrogen) atoms. The Morgan fingerprint density at radius 1 is 1.23 bits per heavy atom. The van der Waals surface area contributed by atoms with Crippen LogP contribution in [0.1, 0.15) is 33.3 Å². The van der Waals surface area contributed by atoms with Crippen molar-refractivity contribution in [2.75, 3.05) is 13.6 Å². The van der Waals surface area contributed by atoms with Gasteiger partial charge in [-0.3, -0.25) is 19.8 Å². The molecule has 8 heteroatoms. The predicted octanol–water partition coefficient (Wildman–Crippen LogP) is 0.297. The molecule has 120 valence electrons. The van der Waals surface area contributed by atoms with E-state index in [9.17, 15) is 9.59 Å². The van der Waals surface area contributed by atoms with E-state index in [0.717, 1.165) is 5.47 Å². The molecule has 0 aromatic carbocycles. The number of H-pyrrole nitrogens is 2. The lowest BCUT2D eigenvalue weighted by molar-refractivity contribution is 0.00578. The summed E-state index contributed by atoms with van der Waals surface area (Å²) in [6.45, 7) is 8.32. The van der Waals surface area contributed by atoms with Crippen molar-refractivity contribution in [2.45, 2.75) is 38.9 Å². The summed E-state index contributed by atoms with van der Waals surface area (Å²) in [5, 5.41) is 7.57. The SMILES string of the molecule is CNCC(=Cc1cc(=O)[nH][nH]c1=O)B1OC(C)(C)C(C)(C)O1. The van der Waals surface area contributed by atoms with Crippen molar-refractivity contribution in [3.05, 3.63) is 37.8 Å². The average molecular weight is 307 g/mol. The van der Waals surface area contributed by atoms with Crippen LogP contribution in [0.25, 0.3) is 6.08 Å². The van der Waals surface area contributed by atoms with E-state index in [0.29, 0.717) is 6.54 Å². The lowest BCUT2D eigenvalue weighted by Crippen LogP contribution is -2.41. The van der Waals surface area contributed by atoms with Gasteiger partial charge in [0, 0.05) is 18.2 Å². The average Bonchev–Trinajstić information content (AvgIpc) is 2.62. The second kappa shape index (κ2) is 5.87. The third-order valence-corrected chi connectivity index (χ3v) is 4.13. The molecule has 1 saturated heterocycles. The zero-order valence-electron chi connectivity index (χ0n) is 13.6. The van der Waals surface area contributed by atoms with E-state index in [1.807, 2.05) is 27.7 Å². The molecule has 0 aliphatic carbocycles. The van der Waals surface area contributed by atoms with E-state index in [1.54, 1.807) is 13.1 Å². The Hall–Kier alpha value is -1.64. The van der Waals surface area contributed by atoms with Crippen LogP contribution in [0.4, 0.5) is 0 Å². The zero-order valence-corrected chi connectivity index (χ0v) is 13.6. The molecule has 0 atom stereocenters. The van der Waals surface area contributed by atoms with Crippen LogP contribution in [0.5, 0.6) is 0 Å². The van der Waals surface area contributed by atoms with E-state index in [2.05, 4.69) is 15.5 Å². The smallest absolute Gasteiger partial charge is 0.400 e. The summed E-state index contributed by atoms with van der Waals surface area (Å²) in [4.78, 5) is 23.2. The van der Waals surface area contributed by atoms with Gasteiger partial charge in [0.15, 0.2) is 0 Å². The number of nitrogens with one attached hydrogen (secondary N) is 3.